The van der Waals surface area contributed by atoms with Crippen LogP contribution in [-0.4, -0.2) is 58.7 Å². The second kappa shape index (κ2) is 3.45. The standard InChI is InChI=1S/C12H18N2O3/c1-14-6-2-3-9(14)11(15)13-7-8(12(16)17)4-5-10(13)14/h8-10H,2-7H2,1H3/p+1/t8-,9+,10-,14+/m1/s1. The number of hydrogen-bond donors (Lipinski definition) is 1. The van der Waals surface area contributed by atoms with Crippen molar-refractivity contribution < 1.29 is 19.2 Å². The first-order chi connectivity index (χ1) is 8.04. The van der Waals surface area contributed by atoms with E-state index in [1.54, 1.807) is 0 Å². The van der Waals surface area contributed by atoms with Crippen LogP contribution in [0.5, 0.6) is 0 Å². The van der Waals surface area contributed by atoms with Crippen LogP contribution in [0.2, 0.25) is 0 Å². The van der Waals surface area contributed by atoms with Gasteiger partial charge < -0.3 is 5.11 Å². The lowest BCUT2D eigenvalue weighted by Gasteiger charge is -2.40. The van der Waals surface area contributed by atoms with E-state index in [9.17, 15) is 9.59 Å². The molecular weight excluding hydrogens is 220 g/mol. The topological polar surface area (TPSA) is 57.6 Å². The van der Waals surface area contributed by atoms with E-state index < -0.39 is 5.97 Å². The number of carboxylic acids is 1. The highest BCUT2D eigenvalue weighted by atomic mass is 16.4. The smallest absolute Gasteiger partial charge is 0.308 e. The van der Waals surface area contributed by atoms with Crippen LogP contribution in [0.4, 0.5) is 0 Å². The number of carbonyl (C=O) groups is 2. The van der Waals surface area contributed by atoms with Crippen LogP contribution in [0, 0.1) is 5.92 Å². The molecule has 4 atom stereocenters. The lowest BCUT2D eigenvalue weighted by molar-refractivity contribution is -0.935. The van der Waals surface area contributed by atoms with Crippen molar-refractivity contribution in [2.24, 2.45) is 5.92 Å². The van der Waals surface area contributed by atoms with Crippen molar-refractivity contribution >= 4 is 11.9 Å². The summed E-state index contributed by atoms with van der Waals surface area (Å²) >= 11 is 0. The van der Waals surface area contributed by atoms with Gasteiger partial charge in [0.2, 0.25) is 0 Å². The van der Waals surface area contributed by atoms with Gasteiger partial charge in [-0.3, -0.25) is 19.0 Å². The van der Waals surface area contributed by atoms with Gasteiger partial charge in [-0.2, -0.15) is 0 Å². The lowest BCUT2D eigenvalue weighted by atomic mass is 9.96. The molecule has 3 aliphatic heterocycles. The summed E-state index contributed by atoms with van der Waals surface area (Å²) in [5.41, 5.74) is 0. The van der Waals surface area contributed by atoms with Crippen LogP contribution < -0.4 is 0 Å². The number of piperidine rings is 1. The zero-order valence-corrected chi connectivity index (χ0v) is 10.1. The molecule has 0 aliphatic carbocycles. The zero-order valence-electron chi connectivity index (χ0n) is 10.1. The molecule has 0 radical (unpaired) electrons. The molecule has 3 heterocycles. The Morgan fingerprint density at radius 2 is 2.18 bits per heavy atom. The van der Waals surface area contributed by atoms with Crippen LogP contribution in [0.15, 0.2) is 0 Å². The average molecular weight is 239 g/mol. The van der Waals surface area contributed by atoms with Crippen molar-refractivity contribution in [2.75, 3.05) is 20.1 Å². The minimum atomic E-state index is -0.758. The number of carboxylic acid groups (broad SMARTS) is 1. The molecule has 5 heteroatoms. The third kappa shape index (κ3) is 1.35. The number of aliphatic carboxylic acids is 1. The Balaban J connectivity index is 1.87. The quantitative estimate of drug-likeness (QED) is 0.668. The Morgan fingerprint density at radius 3 is 2.88 bits per heavy atom. The molecule has 0 saturated carbocycles. The molecule has 0 aromatic rings. The normalized spacial score (nSPS) is 44.6. The number of nitrogens with zero attached hydrogens (tertiary/aromatic N) is 2. The maximum atomic E-state index is 12.3. The highest BCUT2D eigenvalue weighted by molar-refractivity contribution is 5.84. The van der Waals surface area contributed by atoms with Gasteiger partial charge in [0.15, 0.2) is 12.2 Å². The predicted molar refractivity (Wildman–Crippen MR) is 59.9 cm³/mol. The van der Waals surface area contributed by atoms with E-state index in [0.29, 0.717) is 13.0 Å². The summed E-state index contributed by atoms with van der Waals surface area (Å²) in [5, 5.41) is 9.07. The van der Waals surface area contributed by atoms with Gasteiger partial charge in [-0.25, -0.2) is 0 Å². The van der Waals surface area contributed by atoms with Crippen LogP contribution >= 0.6 is 0 Å². The number of likely N-dealkylation sites (N-methyl/N-ethyl adjacent to an activating group) is 1. The molecule has 3 fully saturated rings. The van der Waals surface area contributed by atoms with E-state index in [0.717, 1.165) is 30.3 Å². The Hall–Kier alpha value is -1.10. The maximum absolute atomic E-state index is 12.3. The molecule has 0 unspecified atom stereocenters. The molecule has 1 amide bonds. The third-order valence-corrected chi connectivity index (χ3v) is 4.98. The summed E-state index contributed by atoms with van der Waals surface area (Å²) < 4.78 is 0.838. The monoisotopic (exact) mass is 239 g/mol. The van der Waals surface area contributed by atoms with Crippen molar-refractivity contribution in [2.45, 2.75) is 37.9 Å². The average Bonchev–Trinajstić information content (AvgIpc) is 2.77. The van der Waals surface area contributed by atoms with Gasteiger partial charge in [-0.15, -0.1) is 0 Å². The summed E-state index contributed by atoms with van der Waals surface area (Å²) in [4.78, 5) is 25.2. The Bertz CT molecular complexity index is 384. The van der Waals surface area contributed by atoms with Gasteiger partial charge in [0, 0.05) is 25.8 Å². The number of rotatable bonds is 1. The molecule has 0 aromatic heterocycles. The van der Waals surface area contributed by atoms with E-state index in [2.05, 4.69) is 7.05 Å². The zero-order chi connectivity index (χ0) is 12.2. The van der Waals surface area contributed by atoms with Crippen molar-refractivity contribution in [1.29, 1.82) is 0 Å². The molecule has 0 aromatic carbocycles. The second-order valence-electron chi connectivity index (χ2n) is 5.81. The van der Waals surface area contributed by atoms with Gasteiger partial charge in [0.1, 0.15) is 0 Å². The van der Waals surface area contributed by atoms with Crippen LogP contribution in [-0.2, 0) is 9.59 Å². The summed E-state index contributed by atoms with van der Waals surface area (Å²) in [5.74, 6) is -0.922. The summed E-state index contributed by atoms with van der Waals surface area (Å²) in [6.07, 6.45) is 3.89. The highest BCUT2D eigenvalue weighted by Crippen LogP contribution is 2.42. The molecule has 1 N–H and O–H groups in total. The Morgan fingerprint density at radius 1 is 1.41 bits per heavy atom. The summed E-state index contributed by atoms with van der Waals surface area (Å²) in [6, 6.07) is 0.104. The first-order valence-electron chi connectivity index (χ1n) is 6.42. The van der Waals surface area contributed by atoms with Gasteiger partial charge in [-0.05, 0) is 6.42 Å². The second-order valence-corrected chi connectivity index (χ2v) is 5.81. The number of amides is 1. The highest BCUT2D eigenvalue weighted by Gasteiger charge is 2.60. The molecule has 0 spiro atoms. The molecule has 17 heavy (non-hydrogen) atoms. The van der Waals surface area contributed by atoms with E-state index in [-0.39, 0.29) is 24.0 Å². The minimum Gasteiger partial charge on any atom is -0.481 e. The molecule has 94 valence electrons. The van der Waals surface area contributed by atoms with Gasteiger partial charge in [-0.1, -0.05) is 0 Å². The van der Waals surface area contributed by atoms with Gasteiger partial charge in [0.25, 0.3) is 5.91 Å². The number of carbonyl (C=O) groups excluding carboxylic acids is 1. The summed E-state index contributed by atoms with van der Waals surface area (Å²) in [7, 11) is 2.17. The molecule has 3 saturated heterocycles. The van der Waals surface area contributed by atoms with E-state index >= 15 is 0 Å². The van der Waals surface area contributed by atoms with Crippen molar-refractivity contribution in [3.63, 3.8) is 0 Å². The maximum Gasteiger partial charge on any atom is 0.308 e. The molecule has 0 bridgehead atoms. The Labute approximate surface area is 101 Å². The van der Waals surface area contributed by atoms with E-state index in [1.165, 1.54) is 0 Å². The predicted octanol–water partition coefficient (Wildman–Crippen LogP) is 0.258. The summed E-state index contributed by atoms with van der Waals surface area (Å²) in [6.45, 7) is 1.48. The van der Waals surface area contributed by atoms with Crippen LogP contribution in [0.25, 0.3) is 0 Å². The third-order valence-electron chi connectivity index (χ3n) is 4.98. The minimum absolute atomic E-state index is 0.104. The Kier molecular flexibility index (Phi) is 2.23. The molecule has 3 rings (SSSR count). The van der Waals surface area contributed by atoms with Crippen molar-refractivity contribution in [1.82, 2.24) is 4.90 Å². The van der Waals surface area contributed by atoms with Crippen molar-refractivity contribution in [3.8, 4) is 0 Å². The van der Waals surface area contributed by atoms with Gasteiger partial charge >= 0.3 is 5.97 Å². The fourth-order valence-electron chi connectivity index (χ4n) is 4.01. The fourth-order valence-corrected chi connectivity index (χ4v) is 4.01. The lowest BCUT2D eigenvalue weighted by Crippen LogP contribution is -2.55. The number of fused-ring (bicyclic) bond motifs is 3. The fraction of sp³-hybridized carbons (Fsp3) is 0.833. The van der Waals surface area contributed by atoms with Crippen molar-refractivity contribution in [3.05, 3.63) is 0 Å². The first kappa shape index (κ1) is 11.0. The van der Waals surface area contributed by atoms with E-state index in [4.69, 9.17) is 5.11 Å². The van der Waals surface area contributed by atoms with Crippen LogP contribution in [0.3, 0.4) is 0 Å². The molecular formula is C12H19N2O3+. The molecule has 3 aliphatic rings. The van der Waals surface area contributed by atoms with Crippen LogP contribution in [0.1, 0.15) is 25.7 Å². The van der Waals surface area contributed by atoms with Gasteiger partial charge in [0.05, 0.1) is 19.5 Å². The largest absolute Gasteiger partial charge is 0.481 e. The molecule has 5 nitrogen and oxygen atoms in total. The number of hydrogen-bond acceptors (Lipinski definition) is 2. The number of quaternary nitrogens is 1. The first-order valence-corrected chi connectivity index (χ1v) is 6.42. The SMILES string of the molecule is C[N@+]12CCC[C@H]1C(=O)N1C[C@H](C(=O)O)CC[C@H]12. The van der Waals surface area contributed by atoms with E-state index in [1.807, 2.05) is 4.90 Å².